The lowest BCUT2D eigenvalue weighted by atomic mass is 9.82. The van der Waals surface area contributed by atoms with Crippen LogP contribution in [0.3, 0.4) is 0 Å². The van der Waals surface area contributed by atoms with Gasteiger partial charge in [0.25, 0.3) is 0 Å². The molecule has 2 unspecified atom stereocenters. The van der Waals surface area contributed by atoms with Gasteiger partial charge in [-0.2, -0.15) is 0 Å². The van der Waals surface area contributed by atoms with Gasteiger partial charge in [-0.25, -0.2) is 0 Å². The first-order chi connectivity index (χ1) is 5.60. The van der Waals surface area contributed by atoms with Crippen LogP contribution in [-0.4, -0.2) is 16.4 Å². The Labute approximate surface area is 76.0 Å². The number of rotatable bonds is 3. The van der Waals surface area contributed by atoms with E-state index in [1.807, 2.05) is 18.4 Å². The highest BCUT2D eigenvalue weighted by atomic mass is 32.2. The fourth-order valence-corrected chi connectivity index (χ4v) is 2.49. The molecular formula is C8H13NO2S. The van der Waals surface area contributed by atoms with Crippen molar-refractivity contribution in [3.63, 3.8) is 0 Å². The smallest absolute Gasteiger partial charge is 0.304 e. The summed E-state index contributed by atoms with van der Waals surface area (Å²) in [5, 5.41) is 10.5. The molecule has 1 rings (SSSR count). The molecule has 2 atom stereocenters. The van der Waals surface area contributed by atoms with E-state index in [1.165, 1.54) is 11.8 Å². The number of carbonyl (C=O) groups is 1. The fourth-order valence-electron chi connectivity index (χ4n) is 1.37. The second kappa shape index (κ2) is 3.49. The Hall–Kier alpha value is -0.480. The molecule has 0 saturated heterocycles. The molecule has 68 valence electrons. The fraction of sp³-hybridized carbons (Fsp3) is 0.625. The quantitative estimate of drug-likeness (QED) is 0.701. The summed E-state index contributed by atoms with van der Waals surface area (Å²) in [6.45, 7) is 1.97. The summed E-state index contributed by atoms with van der Waals surface area (Å²) in [6.07, 6.45) is 2.84. The van der Waals surface area contributed by atoms with Crippen molar-refractivity contribution < 1.29 is 9.90 Å². The van der Waals surface area contributed by atoms with Crippen LogP contribution < -0.4 is 5.73 Å². The monoisotopic (exact) mass is 187 g/mol. The van der Waals surface area contributed by atoms with E-state index >= 15 is 0 Å². The van der Waals surface area contributed by atoms with Crippen molar-refractivity contribution in [2.24, 2.45) is 11.1 Å². The maximum Gasteiger partial charge on any atom is 0.304 e. The number of carboxylic acid groups (broad SMARTS) is 1. The Morgan fingerprint density at radius 2 is 2.50 bits per heavy atom. The second-order valence-electron chi connectivity index (χ2n) is 3.02. The average Bonchev–Trinajstić information content (AvgIpc) is 2.32. The highest BCUT2D eigenvalue weighted by Gasteiger charge is 2.38. The van der Waals surface area contributed by atoms with Crippen LogP contribution in [0.2, 0.25) is 0 Å². The number of nitrogens with two attached hydrogens (primary N) is 1. The van der Waals surface area contributed by atoms with E-state index in [2.05, 4.69) is 0 Å². The molecule has 0 radical (unpaired) electrons. The van der Waals surface area contributed by atoms with Gasteiger partial charge in [0, 0.05) is 5.41 Å². The highest BCUT2D eigenvalue weighted by Crippen LogP contribution is 2.42. The van der Waals surface area contributed by atoms with Crippen molar-refractivity contribution in [3.05, 3.63) is 11.5 Å². The molecule has 12 heavy (non-hydrogen) atoms. The van der Waals surface area contributed by atoms with E-state index in [0.717, 1.165) is 6.42 Å². The molecule has 3 N–H and O–H groups in total. The van der Waals surface area contributed by atoms with Gasteiger partial charge in [-0.1, -0.05) is 13.0 Å². The molecule has 0 aliphatic carbocycles. The highest BCUT2D eigenvalue weighted by molar-refractivity contribution is 8.03. The van der Waals surface area contributed by atoms with Crippen molar-refractivity contribution in [1.82, 2.24) is 0 Å². The van der Waals surface area contributed by atoms with E-state index in [0.29, 0.717) is 0 Å². The molecule has 0 aromatic rings. The Morgan fingerprint density at radius 3 is 2.83 bits per heavy atom. The van der Waals surface area contributed by atoms with Crippen molar-refractivity contribution in [3.8, 4) is 0 Å². The lowest BCUT2D eigenvalue weighted by Gasteiger charge is -2.28. The average molecular weight is 187 g/mol. The van der Waals surface area contributed by atoms with Gasteiger partial charge >= 0.3 is 5.97 Å². The van der Waals surface area contributed by atoms with Gasteiger partial charge in [0.2, 0.25) is 0 Å². The number of hydrogen-bond acceptors (Lipinski definition) is 3. The Balaban J connectivity index is 2.74. The predicted octanol–water partition coefficient (Wildman–Crippen LogP) is 1.40. The van der Waals surface area contributed by atoms with Crippen LogP contribution >= 0.6 is 11.8 Å². The molecule has 0 aromatic heterocycles. The predicted molar refractivity (Wildman–Crippen MR) is 49.7 cm³/mol. The van der Waals surface area contributed by atoms with Gasteiger partial charge in [-0.05, 0) is 11.8 Å². The summed E-state index contributed by atoms with van der Waals surface area (Å²) in [7, 11) is 0. The second-order valence-corrected chi connectivity index (χ2v) is 4.07. The van der Waals surface area contributed by atoms with Gasteiger partial charge in [-0.3, -0.25) is 4.79 Å². The number of hydrogen-bond donors (Lipinski definition) is 2. The van der Waals surface area contributed by atoms with E-state index in [9.17, 15) is 4.79 Å². The molecule has 0 bridgehead atoms. The number of thioether (sulfide) groups is 1. The normalized spacial score (nSPS) is 34.0. The maximum atomic E-state index is 10.6. The summed E-state index contributed by atoms with van der Waals surface area (Å²) in [6, 6.07) is 0. The summed E-state index contributed by atoms with van der Waals surface area (Å²) in [5.41, 5.74) is 5.49. The standard InChI is InChI=1S/C8H13NO2S/c1-2-8(5-6(10)11)3-4-12-7(8)9/h3-4,7H,2,5,9H2,1H3,(H,10,11). The first-order valence-corrected chi connectivity index (χ1v) is 4.85. The molecule has 0 amide bonds. The largest absolute Gasteiger partial charge is 0.481 e. The SMILES string of the molecule is CCC1(CC(=O)O)C=CSC1N. The van der Waals surface area contributed by atoms with Gasteiger partial charge in [-0.15, -0.1) is 11.8 Å². The molecule has 0 aromatic carbocycles. The first kappa shape index (κ1) is 9.61. The summed E-state index contributed by atoms with van der Waals surface area (Å²) in [5.74, 6) is -0.778. The van der Waals surface area contributed by atoms with Gasteiger partial charge in [0.05, 0.1) is 11.8 Å². The molecular weight excluding hydrogens is 174 g/mol. The summed E-state index contributed by atoms with van der Waals surface area (Å²) in [4.78, 5) is 10.6. The van der Waals surface area contributed by atoms with E-state index in [4.69, 9.17) is 10.8 Å². The lowest BCUT2D eigenvalue weighted by molar-refractivity contribution is -0.139. The van der Waals surface area contributed by atoms with Crippen molar-refractivity contribution in [1.29, 1.82) is 0 Å². The van der Waals surface area contributed by atoms with Crippen LogP contribution in [0.5, 0.6) is 0 Å². The first-order valence-electron chi connectivity index (χ1n) is 3.91. The molecule has 0 saturated carbocycles. The van der Waals surface area contributed by atoms with Gasteiger partial charge < -0.3 is 10.8 Å². The summed E-state index contributed by atoms with van der Waals surface area (Å²) >= 11 is 1.50. The van der Waals surface area contributed by atoms with Crippen LogP contribution in [0.25, 0.3) is 0 Å². The Bertz CT molecular complexity index is 217. The number of aliphatic carboxylic acids is 1. The number of carboxylic acids is 1. The topological polar surface area (TPSA) is 63.3 Å². The van der Waals surface area contributed by atoms with Crippen molar-refractivity contribution in [2.45, 2.75) is 25.1 Å². The van der Waals surface area contributed by atoms with Gasteiger partial charge in [0.15, 0.2) is 0 Å². The molecule has 0 fully saturated rings. The molecule has 1 heterocycles. The zero-order chi connectivity index (χ0) is 9.19. The zero-order valence-electron chi connectivity index (χ0n) is 6.99. The molecule has 0 spiro atoms. The minimum absolute atomic E-state index is 0.0985. The minimum atomic E-state index is -0.778. The van der Waals surface area contributed by atoms with Crippen LogP contribution in [0.1, 0.15) is 19.8 Å². The third-order valence-corrected chi connectivity index (χ3v) is 3.39. The van der Waals surface area contributed by atoms with Gasteiger partial charge in [0.1, 0.15) is 0 Å². The van der Waals surface area contributed by atoms with E-state index in [-0.39, 0.29) is 17.2 Å². The molecule has 1 aliphatic heterocycles. The van der Waals surface area contributed by atoms with Crippen LogP contribution in [0.4, 0.5) is 0 Å². The zero-order valence-corrected chi connectivity index (χ0v) is 7.80. The van der Waals surface area contributed by atoms with Crippen LogP contribution in [0, 0.1) is 5.41 Å². The van der Waals surface area contributed by atoms with Crippen LogP contribution in [0.15, 0.2) is 11.5 Å². The molecule has 3 nitrogen and oxygen atoms in total. The Kier molecular flexibility index (Phi) is 2.80. The van der Waals surface area contributed by atoms with E-state index < -0.39 is 5.97 Å². The third-order valence-electron chi connectivity index (χ3n) is 2.33. The lowest BCUT2D eigenvalue weighted by Crippen LogP contribution is -2.36. The minimum Gasteiger partial charge on any atom is -0.481 e. The summed E-state index contributed by atoms with van der Waals surface area (Å²) < 4.78 is 0. The molecule has 4 heteroatoms. The molecule has 1 aliphatic rings. The Morgan fingerprint density at radius 1 is 1.83 bits per heavy atom. The third kappa shape index (κ3) is 1.64. The van der Waals surface area contributed by atoms with Crippen LogP contribution in [-0.2, 0) is 4.79 Å². The van der Waals surface area contributed by atoms with Crippen molar-refractivity contribution in [2.75, 3.05) is 0 Å². The van der Waals surface area contributed by atoms with E-state index in [1.54, 1.807) is 0 Å². The maximum absolute atomic E-state index is 10.6. The van der Waals surface area contributed by atoms with Crippen molar-refractivity contribution >= 4 is 17.7 Å².